The number of rotatable bonds is 7. The first-order chi connectivity index (χ1) is 15.1. The smallest absolute Gasteiger partial charge is 0.243 e. The molecule has 32 heavy (non-hydrogen) atoms. The third-order valence-corrected chi connectivity index (χ3v) is 7.89. The van der Waals surface area contributed by atoms with Gasteiger partial charge in [0.1, 0.15) is 0 Å². The van der Waals surface area contributed by atoms with E-state index in [4.69, 9.17) is 0 Å². The van der Waals surface area contributed by atoms with E-state index < -0.39 is 0 Å². The molecule has 2 N–H and O–H groups in total. The van der Waals surface area contributed by atoms with E-state index in [0.717, 1.165) is 40.1 Å². The molecule has 1 aromatic carbocycles. The summed E-state index contributed by atoms with van der Waals surface area (Å²) in [6.45, 7) is 5.84. The standard InChI is InChI=1S/C26H37N3O3/c1-16-5-17(2)25(18(3)6-16)28-23(31)15-29(4)24(32)14-27-22(30)13-26-10-19-7-20(11-26)9-21(8-19)12-26/h5-6,19-21H,7-15H2,1-4H3,(H,27,30)(H,28,31). The van der Waals surface area contributed by atoms with Crippen LogP contribution in [0.4, 0.5) is 5.69 Å². The predicted octanol–water partition coefficient (Wildman–Crippen LogP) is 3.73. The Balaban J connectivity index is 1.23. The molecule has 0 heterocycles. The van der Waals surface area contributed by atoms with Crippen molar-refractivity contribution in [3.63, 3.8) is 0 Å². The van der Waals surface area contributed by atoms with Gasteiger partial charge in [-0.05, 0) is 93.6 Å². The Labute approximate surface area is 191 Å². The molecule has 4 aliphatic rings. The largest absolute Gasteiger partial charge is 0.347 e. The van der Waals surface area contributed by atoms with Gasteiger partial charge < -0.3 is 15.5 Å². The van der Waals surface area contributed by atoms with Crippen LogP contribution >= 0.6 is 0 Å². The maximum atomic E-state index is 12.7. The number of carbonyl (C=O) groups excluding carboxylic acids is 3. The predicted molar refractivity (Wildman–Crippen MR) is 125 cm³/mol. The van der Waals surface area contributed by atoms with E-state index in [0.29, 0.717) is 6.42 Å². The van der Waals surface area contributed by atoms with Crippen LogP contribution < -0.4 is 10.6 Å². The Hall–Kier alpha value is -2.37. The molecule has 0 radical (unpaired) electrons. The molecule has 4 bridgehead atoms. The first-order valence-corrected chi connectivity index (χ1v) is 12.0. The Morgan fingerprint density at radius 3 is 2.00 bits per heavy atom. The monoisotopic (exact) mass is 439 g/mol. The second kappa shape index (κ2) is 8.87. The molecule has 1 aromatic rings. The highest BCUT2D eigenvalue weighted by atomic mass is 16.2. The summed E-state index contributed by atoms with van der Waals surface area (Å²) in [5.41, 5.74) is 4.11. The molecular formula is C26H37N3O3. The highest BCUT2D eigenvalue weighted by Crippen LogP contribution is 2.61. The Bertz CT molecular complexity index is 865. The average molecular weight is 440 g/mol. The number of hydrogen-bond acceptors (Lipinski definition) is 3. The van der Waals surface area contributed by atoms with Gasteiger partial charge in [0, 0.05) is 19.2 Å². The molecular weight excluding hydrogens is 402 g/mol. The van der Waals surface area contributed by atoms with E-state index >= 15 is 0 Å². The lowest BCUT2D eigenvalue weighted by atomic mass is 9.49. The van der Waals surface area contributed by atoms with Gasteiger partial charge in [0.2, 0.25) is 17.7 Å². The van der Waals surface area contributed by atoms with E-state index in [1.165, 1.54) is 43.4 Å². The normalized spacial score (nSPS) is 27.8. The molecule has 174 valence electrons. The topological polar surface area (TPSA) is 78.5 Å². The van der Waals surface area contributed by atoms with Crippen LogP contribution in [0, 0.1) is 43.9 Å². The van der Waals surface area contributed by atoms with Gasteiger partial charge in [0.15, 0.2) is 0 Å². The minimum Gasteiger partial charge on any atom is -0.347 e. The van der Waals surface area contributed by atoms with Crippen LogP contribution in [0.3, 0.4) is 0 Å². The molecule has 3 amide bonds. The van der Waals surface area contributed by atoms with Gasteiger partial charge in [-0.15, -0.1) is 0 Å². The highest BCUT2D eigenvalue weighted by molar-refractivity contribution is 5.96. The summed E-state index contributed by atoms with van der Waals surface area (Å²) in [6, 6.07) is 4.05. The third-order valence-electron chi connectivity index (χ3n) is 7.89. The molecule has 0 unspecified atom stereocenters. The van der Waals surface area contributed by atoms with Crippen molar-refractivity contribution in [3.8, 4) is 0 Å². The fraction of sp³-hybridized carbons (Fsp3) is 0.654. The van der Waals surface area contributed by atoms with E-state index in [1.807, 2.05) is 32.9 Å². The zero-order valence-electron chi connectivity index (χ0n) is 19.9. The van der Waals surface area contributed by atoms with Gasteiger partial charge in [-0.2, -0.15) is 0 Å². The summed E-state index contributed by atoms with van der Waals surface area (Å²) in [4.78, 5) is 39.0. The summed E-state index contributed by atoms with van der Waals surface area (Å²) in [5.74, 6) is 1.90. The van der Waals surface area contributed by atoms with Crippen LogP contribution in [0.1, 0.15) is 61.6 Å². The van der Waals surface area contributed by atoms with Gasteiger partial charge in [-0.25, -0.2) is 0 Å². The fourth-order valence-corrected chi connectivity index (χ4v) is 7.08. The molecule has 0 saturated heterocycles. The lowest BCUT2D eigenvalue weighted by Gasteiger charge is -2.56. The van der Waals surface area contributed by atoms with Gasteiger partial charge in [0.25, 0.3) is 0 Å². The number of anilines is 1. The first-order valence-electron chi connectivity index (χ1n) is 12.0. The van der Waals surface area contributed by atoms with Crippen molar-refractivity contribution in [2.75, 3.05) is 25.5 Å². The summed E-state index contributed by atoms with van der Waals surface area (Å²) < 4.78 is 0. The zero-order chi connectivity index (χ0) is 23.0. The average Bonchev–Trinajstić information content (AvgIpc) is 2.67. The Morgan fingerprint density at radius 1 is 0.938 bits per heavy atom. The maximum Gasteiger partial charge on any atom is 0.243 e. The molecule has 6 nitrogen and oxygen atoms in total. The highest BCUT2D eigenvalue weighted by Gasteiger charge is 2.51. The summed E-state index contributed by atoms with van der Waals surface area (Å²) >= 11 is 0. The molecule has 0 atom stereocenters. The summed E-state index contributed by atoms with van der Waals surface area (Å²) in [6.07, 6.45) is 8.14. The van der Waals surface area contributed by atoms with Gasteiger partial charge in [-0.1, -0.05) is 17.7 Å². The molecule has 5 rings (SSSR count). The van der Waals surface area contributed by atoms with Crippen molar-refractivity contribution in [2.24, 2.45) is 23.2 Å². The van der Waals surface area contributed by atoms with E-state index in [9.17, 15) is 14.4 Å². The first kappa shape index (κ1) is 22.8. The number of likely N-dealkylation sites (N-methyl/N-ethyl adjacent to an activating group) is 1. The van der Waals surface area contributed by atoms with Crippen molar-refractivity contribution in [2.45, 2.75) is 65.7 Å². The van der Waals surface area contributed by atoms with Crippen molar-refractivity contribution >= 4 is 23.4 Å². The van der Waals surface area contributed by atoms with Gasteiger partial charge in [-0.3, -0.25) is 14.4 Å². The van der Waals surface area contributed by atoms with E-state index in [-0.39, 0.29) is 36.2 Å². The van der Waals surface area contributed by atoms with Gasteiger partial charge >= 0.3 is 0 Å². The number of aryl methyl sites for hydroxylation is 3. The quantitative estimate of drug-likeness (QED) is 0.679. The number of nitrogens with one attached hydrogen (secondary N) is 2. The van der Waals surface area contributed by atoms with Crippen LogP contribution in [0.5, 0.6) is 0 Å². The maximum absolute atomic E-state index is 12.7. The lowest BCUT2D eigenvalue weighted by molar-refractivity contribution is -0.136. The van der Waals surface area contributed by atoms with Crippen LogP contribution in [0.2, 0.25) is 0 Å². The van der Waals surface area contributed by atoms with Crippen molar-refractivity contribution in [1.82, 2.24) is 10.2 Å². The molecule has 4 aliphatic carbocycles. The summed E-state index contributed by atoms with van der Waals surface area (Å²) in [5, 5.41) is 5.75. The lowest BCUT2D eigenvalue weighted by Crippen LogP contribution is -2.48. The minimum absolute atomic E-state index is 0.0240. The van der Waals surface area contributed by atoms with Crippen LogP contribution in [0.15, 0.2) is 12.1 Å². The molecule has 4 saturated carbocycles. The molecule has 0 aromatic heterocycles. The molecule has 4 fully saturated rings. The van der Waals surface area contributed by atoms with Gasteiger partial charge in [0.05, 0.1) is 13.1 Å². The Morgan fingerprint density at radius 2 is 1.47 bits per heavy atom. The molecule has 0 aliphatic heterocycles. The van der Waals surface area contributed by atoms with Crippen LogP contribution in [-0.4, -0.2) is 42.8 Å². The number of hydrogen-bond donors (Lipinski definition) is 2. The SMILES string of the molecule is Cc1cc(C)c(NC(=O)CN(C)C(=O)CNC(=O)CC23CC4CC(CC(C4)C2)C3)c(C)c1. The van der Waals surface area contributed by atoms with Crippen LogP contribution in [-0.2, 0) is 14.4 Å². The van der Waals surface area contributed by atoms with Crippen molar-refractivity contribution in [1.29, 1.82) is 0 Å². The zero-order valence-corrected chi connectivity index (χ0v) is 19.9. The number of benzene rings is 1. The minimum atomic E-state index is -0.253. The van der Waals surface area contributed by atoms with E-state index in [2.05, 4.69) is 10.6 Å². The second-order valence-electron chi connectivity index (χ2n) is 10.9. The number of carbonyl (C=O) groups is 3. The number of nitrogens with zero attached hydrogens (tertiary/aromatic N) is 1. The van der Waals surface area contributed by atoms with Crippen molar-refractivity contribution in [3.05, 3.63) is 28.8 Å². The second-order valence-corrected chi connectivity index (χ2v) is 10.9. The number of amides is 3. The van der Waals surface area contributed by atoms with E-state index in [1.54, 1.807) is 7.05 Å². The van der Waals surface area contributed by atoms with Crippen LogP contribution in [0.25, 0.3) is 0 Å². The molecule has 0 spiro atoms. The fourth-order valence-electron chi connectivity index (χ4n) is 7.08. The molecule has 6 heteroatoms. The third kappa shape index (κ3) is 5.00. The van der Waals surface area contributed by atoms with Crippen molar-refractivity contribution < 1.29 is 14.4 Å². The Kier molecular flexibility index (Phi) is 6.33. The summed E-state index contributed by atoms with van der Waals surface area (Å²) in [7, 11) is 1.60.